The van der Waals surface area contributed by atoms with E-state index in [1.807, 2.05) is 12.1 Å². The average Bonchev–Trinajstić information content (AvgIpc) is 2.39. The monoisotopic (exact) mass is 264 g/mol. The lowest BCUT2D eigenvalue weighted by molar-refractivity contribution is -0.122. The molecule has 4 N–H and O–H groups in total. The number of anilines is 2. The summed E-state index contributed by atoms with van der Waals surface area (Å²) < 4.78 is 0. The van der Waals surface area contributed by atoms with Crippen molar-refractivity contribution in [3.8, 4) is 0 Å². The fourth-order valence-electron chi connectivity index (χ4n) is 1.52. The van der Waals surface area contributed by atoms with Gasteiger partial charge in [-0.25, -0.2) is 0 Å². The van der Waals surface area contributed by atoms with Crippen LogP contribution in [-0.2, 0) is 9.59 Å². The highest BCUT2D eigenvalue weighted by Gasteiger charge is 2.08. The second-order valence-corrected chi connectivity index (χ2v) is 4.30. The first-order chi connectivity index (χ1) is 9.02. The molecule has 0 bridgehead atoms. The number of para-hydroxylation sites is 2. The third-order valence-corrected chi connectivity index (χ3v) is 2.65. The zero-order valence-corrected chi connectivity index (χ0v) is 11.3. The minimum atomic E-state index is -0.123. The molecule has 6 nitrogen and oxygen atoms in total. The number of benzene rings is 1. The van der Waals surface area contributed by atoms with E-state index >= 15 is 0 Å². The van der Waals surface area contributed by atoms with Gasteiger partial charge in [0.25, 0.3) is 0 Å². The maximum Gasteiger partial charge on any atom is 0.233 e. The van der Waals surface area contributed by atoms with Gasteiger partial charge in [-0.15, -0.1) is 0 Å². The van der Waals surface area contributed by atoms with E-state index < -0.39 is 0 Å². The Bertz CT molecular complexity index is 448. The van der Waals surface area contributed by atoms with Crippen LogP contribution in [-0.4, -0.2) is 43.9 Å². The molecule has 0 fully saturated rings. The lowest BCUT2D eigenvalue weighted by Gasteiger charge is -2.15. The molecule has 0 atom stereocenters. The first-order valence-corrected chi connectivity index (χ1v) is 6.06. The minimum absolute atomic E-state index is 0.0739. The molecular formula is C13H20N4O2. The van der Waals surface area contributed by atoms with Gasteiger partial charge < -0.3 is 16.4 Å². The van der Waals surface area contributed by atoms with Crippen LogP contribution in [0, 0.1) is 0 Å². The second kappa shape index (κ2) is 7.38. The zero-order chi connectivity index (χ0) is 14.3. The summed E-state index contributed by atoms with van der Waals surface area (Å²) in [6.07, 6.45) is 0.307. The van der Waals surface area contributed by atoms with Crippen molar-refractivity contribution in [2.24, 2.45) is 0 Å². The third kappa shape index (κ3) is 5.39. The molecule has 0 aliphatic rings. The Hall–Kier alpha value is -2.08. The smallest absolute Gasteiger partial charge is 0.233 e. The Labute approximate surface area is 113 Å². The lowest BCUT2D eigenvalue weighted by Crippen LogP contribution is -2.34. The van der Waals surface area contributed by atoms with Gasteiger partial charge in [0, 0.05) is 20.0 Å². The number of hydrogen-bond donors (Lipinski definition) is 3. The summed E-state index contributed by atoms with van der Waals surface area (Å²) in [4.78, 5) is 24.6. The summed E-state index contributed by atoms with van der Waals surface area (Å²) in [6.45, 7) is 0.781. The molecule has 0 aliphatic heterocycles. The van der Waals surface area contributed by atoms with E-state index in [-0.39, 0.29) is 18.4 Å². The van der Waals surface area contributed by atoms with Gasteiger partial charge >= 0.3 is 0 Å². The summed E-state index contributed by atoms with van der Waals surface area (Å²) in [5, 5.41) is 5.27. The van der Waals surface area contributed by atoms with Crippen molar-refractivity contribution in [2.45, 2.75) is 6.42 Å². The lowest BCUT2D eigenvalue weighted by atomic mass is 10.2. The topological polar surface area (TPSA) is 87.5 Å². The van der Waals surface area contributed by atoms with Crippen LogP contribution in [0.4, 0.5) is 11.4 Å². The highest BCUT2D eigenvalue weighted by Crippen LogP contribution is 2.16. The molecule has 6 heteroatoms. The molecule has 0 heterocycles. The molecular weight excluding hydrogens is 244 g/mol. The SMILES string of the molecule is CNC(=O)CN(C)CCC(=O)Nc1ccccc1N. The number of nitrogens with zero attached hydrogens (tertiary/aromatic N) is 1. The van der Waals surface area contributed by atoms with E-state index in [1.54, 1.807) is 31.1 Å². The van der Waals surface area contributed by atoms with Crippen molar-refractivity contribution in [1.82, 2.24) is 10.2 Å². The van der Waals surface area contributed by atoms with Crippen LogP contribution in [0.25, 0.3) is 0 Å². The Morgan fingerprint density at radius 3 is 2.58 bits per heavy atom. The summed E-state index contributed by atoms with van der Waals surface area (Å²) in [5.41, 5.74) is 6.88. The van der Waals surface area contributed by atoms with E-state index in [1.165, 1.54) is 0 Å². The van der Waals surface area contributed by atoms with E-state index in [4.69, 9.17) is 5.73 Å². The van der Waals surface area contributed by atoms with Crippen LogP contribution in [0.3, 0.4) is 0 Å². The van der Waals surface area contributed by atoms with Crippen molar-refractivity contribution in [3.05, 3.63) is 24.3 Å². The van der Waals surface area contributed by atoms with Crippen molar-refractivity contribution < 1.29 is 9.59 Å². The van der Waals surface area contributed by atoms with Crippen LogP contribution in [0.2, 0.25) is 0 Å². The minimum Gasteiger partial charge on any atom is -0.397 e. The zero-order valence-electron chi connectivity index (χ0n) is 11.3. The van der Waals surface area contributed by atoms with E-state index in [2.05, 4.69) is 10.6 Å². The van der Waals surface area contributed by atoms with Gasteiger partial charge in [-0.3, -0.25) is 14.5 Å². The summed E-state index contributed by atoms with van der Waals surface area (Å²) in [7, 11) is 3.38. The molecule has 19 heavy (non-hydrogen) atoms. The molecule has 104 valence electrons. The largest absolute Gasteiger partial charge is 0.397 e. The highest BCUT2D eigenvalue weighted by atomic mass is 16.2. The van der Waals surface area contributed by atoms with Crippen LogP contribution in [0.15, 0.2) is 24.3 Å². The van der Waals surface area contributed by atoms with Gasteiger partial charge in [-0.2, -0.15) is 0 Å². The Morgan fingerprint density at radius 2 is 1.95 bits per heavy atom. The number of rotatable bonds is 6. The summed E-state index contributed by atoms with van der Waals surface area (Å²) in [5.74, 6) is -0.197. The van der Waals surface area contributed by atoms with E-state index in [0.29, 0.717) is 24.3 Å². The quantitative estimate of drug-likeness (QED) is 0.644. The van der Waals surface area contributed by atoms with Crippen molar-refractivity contribution in [2.75, 3.05) is 38.2 Å². The number of likely N-dealkylation sites (N-methyl/N-ethyl adjacent to an activating group) is 2. The second-order valence-electron chi connectivity index (χ2n) is 4.30. The Balaban J connectivity index is 2.36. The van der Waals surface area contributed by atoms with E-state index in [9.17, 15) is 9.59 Å². The van der Waals surface area contributed by atoms with Gasteiger partial charge in [0.15, 0.2) is 0 Å². The summed E-state index contributed by atoms with van der Waals surface area (Å²) >= 11 is 0. The number of hydrogen-bond acceptors (Lipinski definition) is 4. The van der Waals surface area contributed by atoms with Gasteiger partial charge in [0.1, 0.15) is 0 Å². The first kappa shape index (κ1) is 15.0. The fraction of sp³-hybridized carbons (Fsp3) is 0.385. The molecule has 0 saturated carbocycles. The van der Waals surface area contributed by atoms with Crippen LogP contribution < -0.4 is 16.4 Å². The number of amides is 2. The molecule has 1 rings (SSSR count). The summed E-state index contributed by atoms with van der Waals surface area (Å²) in [6, 6.07) is 7.10. The molecule has 0 radical (unpaired) electrons. The first-order valence-electron chi connectivity index (χ1n) is 6.06. The molecule has 0 unspecified atom stereocenters. The molecule has 0 spiro atoms. The predicted molar refractivity (Wildman–Crippen MR) is 75.7 cm³/mol. The van der Waals surface area contributed by atoms with Gasteiger partial charge in [0.2, 0.25) is 11.8 Å². The Morgan fingerprint density at radius 1 is 1.26 bits per heavy atom. The molecule has 1 aromatic rings. The number of carbonyl (C=O) groups excluding carboxylic acids is 2. The predicted octanol–water partition coefficient (Wildman–Crippen LogP) is 0.275. The number of nitrogen functional groups attached to an aromatic ring is 1. The van der Waals surface area contributed by atoms with E-state index in [0.717, 1.165) is 0 Å². The van der Waals surface area contributed by atoms with Crippen molar-refractivity contribution in [3.63, 3.8) is 0 Å². The Kier molecular flexibility index (Phi) is 5.81. The standard InChI is InChI=1S/C13H20N4O2/c1-15-13(19)9-17(2)8-7-12(18)16-11-6-4-3-5-10(11)14/h3-6H,7-9,14H2,1-2H3,(H,15,19)(H,16,18). The molecule has 0 saturated heterocycles. The number of nitrogens with two attached hydrogens (primary N) is 1. The molecule has 1 aromatic carbocycles. The maximum atomic E-state index is 11.7. The molecule has 0 aromatic heterocycles. The van der Waals surface area contributed by atoms with Gasteiger partial charge in [-0.05, 0) is 19.2 Å². The fourth-order valence-corrected chi connectivity index (χ4v) is 1.52. The van der Waals surface area contributed by atoms with Gasteiger partial charge in [0.05, 0.1) is 17.9 Å². The van der Waals surface area contributed by atoms with Crippen molar-refractivity contribution >= 4 is 23.2 Å². The van der Waals surface area contributed by atoms with Crippen LogP contribution >= 0.6 is 0 Å². The molecule has 2 amide bonds. The molecule has 0 aliphatic carbocycles. The van der Waals surface area contributed by atoms with Crippen LogP contribution in [0.5, 0.6) is 0 Å². The van der Waals surface area contributed by atoms with Crippen molar-refractivity contribution in [1.29, 1.82) is 0 Å². The number of carbonyl (C=O) groups is 2. The van der Waals surface area contributed by atoms with Crippen LogP contribution in [0.1, 0.15) is 6.42 Å². The average molecular weight is 264 g/mol. The number of nitrogens with one attached hydrogen (secondary N) is 2. The normalized spacial score (nSPS) is 10.3. The maximum absolute atomic E-state index is 11.7. The van der Waals surface area contributed by atoms with Gasteiger partial charge in [-0.1, -0.05) is 12.1 Å². The third-order valence-electron chi connectivity index (χ3n) is 2.65. The highest BCUT2D eigenvalue weighted by molar-refractivity contribution is 5.93.